The molecule has 8 nitrogen and oxygen atoms in total. The number of nitrogens with one attached hydrogen (secondary N) is 1. The molecule has 32 heavy (non-hydrogen) atoms. The van der Waals surface area contributed by atoms with E-state index in [1.54, 1.807) is 12.1 Å². The summed E-state index contributed by atoms with van der Waals surface area (Å²) >= 11 is 0. The summed E-state index contributed by atoms with van der Waals surface area (Å²) in [4.78, 5) is 23.8. The maximum absolute atomic E-state index is 13.1. The lowest BCUT2D eigenvalue weighted by Gasteiger charge is -2.34. The van der Waals surface area contributed by atoms with Gasteiger partial charge >= 0.3 is 0 Å². The number of pyridine rings is 2. The standard InChI is InChI=1S/C23H29N5O3S/c1-15-13-23(2,3)28(14-15)21-18(12-11-17(25-21)10-9-16-7-8-16)22(29)27-32(30,31)20-6-4-5-19(24)26-20/h4-6,9-12,15-16H,7-8,13-14H2,1-3H3,(H2,24,26)(H,27,29)/b10-9+/t15-/m0/s1. The molecule has 0 radical (unpaired) electrons. The van der Waals surface area contributed by atoms with Gasteiger partial charge in [0, 0.05) is 12.1 Å². The van der Waals surface area contributed by atoms with Crippen LogP contribution in [0.25, 0.3) is 6.08 Å². The Morgan fingerprint density at radius 3 is 2.59 bits per heavy atom. The minimum Gasteiger partial charge on any atom is -0.384 e. The third-order valence-corrected chi connectivity index (χ3v) is 7.11. The molecule has 1 saturated carbocycles. The molecule has 0 aromatic carbocycles. The van der Waals surface area contributed by atoms with Gasteiger partial charge < -0.3 is 10.6 Å². The molecule has 3 N–H and O–H groups in total. The molecule has 1 aliphatic heterocycles. The van der Waals surface area contributed by atoms with Crippen molar-refractivity contribution in [3.05, 3.63) is 47.7 Å². The minimum absolute atomic E-state index is 0.0577. The highest BCUT2D eigenvalue weighted by atomic mass is 32.2. The molecular formula is C23H29N5O3S. The van der Waals surface area contributed by atoms with Crippen LogP contribution in [0.3, 0.4) is 0 Å². The predicted molar refractivity (Wildman–Crippen MR) is 125 cm³/mol. The van der Waals surface area contributed by atoms with Gasteiger partial charge in [0.05, 0.1) is 11.3 Å². The fraction of sp³-hybridized carbons (Fsp3) is 0.435. The summed E-state index contributed by atoms with van der Waals surface area (Å²) in [6, 6.07) is 7.64. The molecule has 0 spiro atoms. The van der Waals surface area contributed by atoms with Crippen molar-refractivity contribution in [1.29, 1.82) is 0 Å². The molecule has 0 unspecified atom stereocenters. The number of amides is 1. The van der Waals surface area contributed by atoms with E-state index >= 15 is 0 Å². The Kier molecular flexibility index (Phi) is 5.70. The van der Waals surface area contributed by atoms with Crippen LogP contribution in [0, 0.1) is 11.8 Å². The quantitative estimate of drug-likeness (QED) is 0.686. The zero-order valence-corrected chi connectivity index (χ0v) is 19.4. The average molecular weight is 456 g/mol. The zero-order valence-electron chi connectivity index (χ0n) is 18.6. The normalized spacial score (nSPS) is 20.6. The first-order valence-corrected chi connectivity index (χ1v) is 12.3. The number of nitrogen functional groups attached to an aromatic ring is 1. The van der Waals surface area contributed by atoms with Crippen LogP contribution < -0.4 is 15.4 Å². The van der Waals surface area contributed by atoms with E-state index < -0.39 is 15.9 Å². The average Bonchev–Trinajstić information content (AvgIpc) is 3.49. The van der Waals surface area contributed by atoms with Crippen molar-refractivity contribution in [3.8, 4) is 0 Å². The Labute approximate surface area is 189 Å². The second-order valence-corrected chi connectivity index (χ2v) is 11.0. The number of nitrogens with two attached hydrogens (primary N) is 1. The third kappa shape index (κ3) is 4.77. The first kappa shape index (κ1) is 22.3. The van der Waals surface area contributed by atoms with Crippen LogP contribution in [-0.4, -0.2) is 36.4 Å². The molecule has 3 heterocycles. The van der Waals surface area contributed by atoms with E-state index in [4.69, 9.17) is 10.7 Å². The van der Waals surface area contributed by atoms with Crippen LogP contribution >= 0.6 is 0 Å². The zero-order chi connectivity index (χ0) is 23.1. The lowest BCUT2D eigenvalue weighted by molar-refractivity contribution is 0.0981. The lowest BCUT2D eigenvalue weighted by atomic mass is 9.97. The Morgan fingerprint density at radius 1 is 1.22 bits per heavy atom. The first-order chi connectivity index (χ1) is 15.0. The van der Waals surface area contributed by atoms with Crippen molar-refractivity contribution < 1.29 is 13.2 Å². The van der Waals surface area contributed by atoms with E-state index in [9.17, 15) is 13.2 Å². The van der Waals surface area contributed by atoms with Crippen molar-refractivity contribution in [2.75, 3.05) is 17.2 Å². The number of anilines is 2. The fourth-order valence-electron chi connectivity index (χ4n) is 4.23. The Bertz CT molecular complexity index is 1170. The summed E-state index contributed by atoms with van der Waals surface area (Å²) < 4.78 is 27.6. The Morgan fingerprint density at radius 2 is 1.97 bits per heavy atom. The van der Waals surface area contributed by atoms with Gasteiger partial charge in [0.1, 0.15) is 11.6 Å². The van der Waals surface area contributed by atoms with Gasteiger partial charge in [-0.05, 0) is 75.3 Å². The summed E-state index contributed by atoms with van der Waals surface area (Å²) in [6.07, 6.45) is 7.44. The molecule has 2 aromatic rings. The van der Waals surface area contributed by atoms with Crippen LogP contribution in [0.15, 0.2) is 41.4 Å². The SMILES string of the molecule is C[C@@H]1CN(c2nc(/C=C/C3CC3)ccc2C(=O)NS(=O)(=O)c2cccc(N)n2)C(C)(C)C1. The van der Waals surface area contributed by atoms with Gasteiger partial charge in [0.25, 0.3) is 15.9 Å². The van der Waals surface area contributed by atoms with Crippen molar-refractivity contribution in [2.24, 2.45) is 11.8 Å². The Balaban J connectivity index is 1.69. The molecule has 2 aliphatic rings. The van der Waals surface area contributed by atoms with Gasteiger partial charge in [0.15, 0.2) is 5.03 Å². The molecule has 2 aromatic heterocycles. The topological polar surface area (TPSA) is 118 Å². The van der Waals surface area contributed by atoms with Crippen LogP contribution in [0.2, 0.25) is 0 Å². The monoisotopic (exact) mass is 455 g/mol. The number of carbonyl (C=O) groups is 1. The van der Waals surface area contributed by atoms with Crippen molar-refractivity contribution in [2.45, 2.75) is 50.6 Å². The number of hydrogen-bond donors (Lipinski definition) is 2. The van der Waals surface area contributed by atoms with E-state index in [1.165, 1.54) is 31.0 Å². The molecule has 2 fully saturated rings. The van der Waals surface area contributed by atoms with Crippen LogP contribution in [0.5, 0.6) is 0 Å². The van der Waals surface area contributed by atoms with E-state index in [0.29, 0.717) is 17.7 Å². The molecule has 1 amide bonds. The highest BCUT2D eigenvalue weighted by molar-refractivity contribution is 7.90. The van der Waals surface area contributed by atoms with Crippen LogP contribution in [0.4, 0.5) is 11.6 Å². The van der Waals surface area contributed by atoms with E-state index in [2.05, 4.69) is 41.5 Å². The number of hydrogen-bond acceptors (Lipinski definition) is 7. The molecule has 0 bridgehead atoms. The van der Waals surface area contributed by atoms with E-state index in [-0.39, 0.29) is 21.9 Å². The Hall–Kier alpha value is -2.94. The van der Waals surface area contributed by atoms with Crippen LogP contribution in [-0.2, 0) is 10.0 Å². The van der Waals surface area contributed by atoms with Gasteiger partial charge in [-0.3, -0.25) is 4.79 Å². The summed E-state index contributed by atoms with van der Waals surface area (Å²) in [5, 5.41) is -0.306. The highest BCUT2D eigenvalue weighted by Crippen LogP contribution is 2.38. The maximum atomic E-state index is 13.1. The highest BCUT2D eigenvalue weighted by Gasteiger charge is 2.39. The van der Waals surface area contributed by atoms with Crippen molar-refractivity contribution in [1.82, 2.24) is 14.7 Å². The van der Waals surface area contributed by atoms with Gasteiger partial charge in [0.2, 0.25) is 0 Å². The largest absolute Gasteiger partial charge is 0.384 e. The van der Waals surface area contributed by atoms with Gasteiger partial charge in [-0.2, -0.15) is 8.42 Å². The maximum Gasteiger partial charge on any atom is 0.281 e. The number of nitrogens with zero attached hydrogens (tertiary/aromatic N) is 3. The van der Waals surface area contributed by atoms with Gasteiger partial charge in [-0.1, -0.05) is 19.1 Å². The van der Waals surface area contributed by atoms with E-state index in [0.717, 1.165) is 18.7 Å². The van der Waals surface area contributed by atoms with Crippen LogP contribution in [0.1, 0.15) is 56.1 Å². The first-order valence-electron chi connectivity index (χ1n) is 10.8. The molecule has 1 saturated heterocycles. The second-order valence-electron chi connectivity index (χ2n) is 9.37. The summed E-state index contributed by atoms with van der Waals surface area (Å²) in [7, 11) is -4.18. The van der Waals surface area contributed by atoms with Gasteiger partial charge in [-0.15, -0.1) is 0 Å². The number of allylic oxidation sites excluding steroid dienone is 1. The minimum atomic E-state index is -4.18. The number of carbonyl (C=O) groups excluding carboxylic acids is 1. The molecule has 9 heteroatoms. The van der Waals surface area contributed by atoms with Crippen molar-refractivity contribution in [3.63, 3.8) is 0 Å². The smallest absolute Gasteiger partial charge is 0.281 e. The lowest BCUT2D eigenvalue weighted by Crippen LogP contribution is -2.41. The molecule has 1 atom stereocenters. The molecule has 1 aliphatic carbocycles. The summed E-state index contributed by atoms with van der Waals surface area (Å²) in [5.74, 6) is 0.827. The van der Waals surface area contributed by atoms with E-state index in [1.807, 2.05) is 6.08 Å². The second kappa shape index (κ2) is 8.20. The summed E-state index contributed by atoms with van der Waals surface area (Å²) in [5.41, 5.74) is 6.35. The number of aromatic nitrogens is 2. The third-order valence-electron chi connectivity index (χ3n) is 5.88. The molecule has 4 rings (SSSR count). The van der Waals surface area contributed by atoms with Gasteiger partial charge in [-0.25, -0.2) is 14.7 Å². The van der Waals surface area contributed by atoms with Crippen molar-refractivity contribution >= 4 is 33.6 Å². The predicted octanol–water partition coefficient (Wildman–Crippen LogP) is 3.23. The fourth-order valence-corrected chi connectivity index (χ4v) is 5.17. The number of sulfonamides is 1. The molecule has 170 valence electrons. The summed E-state index contributed by atoms with van der Waals surface area (Å²) in [6.45, 7) is 7.12. The number of rotatable bonds is 6. The molecular weight excluding hydrogens is 426 g/mol.